The van der Waals surface area contributed by atoms with E-state index in [4.69, 9.17) is 5.73 Å². The fourth-order valence-electron chi connectivity index (χ4n) is 2.48. The first-order chi connectivity index (χ1) is 10.2. The molecule has 0 aliphatic rings. The second kappa shape index (κ2) is 15.6. The van der Waals surface area contributed by atoms with E-state index in [1.54, 1.807) is 6.08 Å². The van der Waals surface area contributed by atoms with Crippen LogP contribution < -0.4 is 5.73 Å². The molecular weight excluding hydrogens is 268 g/mol. The van der Waals surface area contributed by atoms with Crippen molar-refractivity contribution in [3.05, 3.63) is 12.7 Å². The molecular formula is C20H46N2. The molecule has 0 aromatic heterocycles. The summed E-state index contributed by atoms with van der Waals surface area (Å²) in [5.74, 6) is 0. The van der Waals surface area contributed by atoms with Crippen molar-refractivity contribution in [3.8, 4) is 0 Å². The minimum atomic E-state index is 0.316. The third kappa shape index (κ3) is 14.6. The van der Waals surface area contributed by atoms with E-state index in [0.717, 1.165) is 19.5 Å². The van der Waals surface area contributed by atoms with Crippen LogP contribution in [0.3, 0.4) is 0 Å². The van der Waals surface area contributed by atoms with Gasteiger partial charge in [-0.3, -0.25) is 4.90 Å². The average Bonchev–Trinajstić information content (AvgIpc) is 2.46. The van der Waals surface area contributed by atoms with Crippen LogP contribution in [0.1, 0.15) is 88.0 Å². The fraction of sp³-hybridized carbons (Fsp3) is 0.900. The quantitative estimate of drug-likeness (QED) is 0.539. The summed E-state index contributed by atoms with van der Waals surface area (Å²) in [6, 6.07) is 0. The second-order valence-electron chi connectivity index (χ2n) is 7.00. The van der Waals surface area contributed by atoms with Crippen LogP contribution in [0, 0.1) is 5.41 Å². The fourth-order valence-corrected chi connectivity index (χ4v) is 2.48. The number of rotatable bonds is 9. The van der Waals surface area contributed by atoms with Crippen molar-refractivity contribution in [3.63, 3.8) is 0 Å². The second-order valence-corrected chi connectivity index (χ2v) is 7.00. The zero-order chi connectivity index (χ0) is 18.2. The van der Waals surface area contributed by atoms with Crippen LogP contribution in [0.2, 0.25) is 0 Å². The molecule has 2 heteroatoms. The zero-order valence-electron chi connectivity index (χ0n) is 17.3. The Balaban J connectivity index is -0.000000637. The Morgan fingerprint density at radius 1 is 1.00 bits per heavy atom. The molecule has 0 aliphatic carbocycles. The Hall–Kier alpha value is -0.340. The summed E-state index contributed by atoms with van der Waals surface area (Å²) >= 11 is 0. The minimum Gasteiger partial charge on any atom is -0.330 e. The van der Waals surface area contributed by atoms with Gasteiger partial charge in [0.25, 0.3) is 0 Å². The van der Waals surface area contributed by atoms with Gasteiger partial charge >= 0.3 is 0 Å². The lowest BCUT2D eigenvalue weighted by Gasteiger charge is -2.40. The summed E-state index contributed by atoms with van der Waals surface area (Å²) in [5, 5.41) is 0. The number of hydrogen-bond acceptors (Lipinski definition) is 2. The first kappa shape index (κ1) is 26.6. The SMILES string of the molecule is C=CC.CC.CCCN(CC)C(C)(C)CCC(C)(C)CCN. The van der Waals surface area contributed by atoms with Crippen LogP contribution in [-0.2, 0) is 0 Å². The summed E-state index contributed by atoms with van der Waals surface area (Å²) in [4.78, 5) is 2.60. The predicted molar refractivity (Wildman–Crippen MR) is 106 cm³/mol. The molecule has 2 N–H and O–H groups in total. The molecule has 2 nitrogen and oxygen atoms in total. The minimum absolute atomic E-state index is 0.316. The van der Waals surface area contributed by atoms with Crippen LogP contribution in [0.5, 0.6) is 0 Å². The molecule has 0 unspecified atom stereocenters. The van der Waals surface area contributed by atoms with E-state index >= 15 is 0 Å². The van der Waals surface area contributed by atoms with E-state index in [-0.39, 0.29) is 0 Å². The highest BCUT2D eigenvalue weighted by atomic mass is 15.2. The van der Waals surface area contributed by atoms with Gasteiger partial charge in [-0.05, 0) is 71.5 Å². The third-order valence-corrected chi connectivity index (χ3v) is 3.97. The van der Waals surface area contributed by atoms with E-state index in [1.807, 2.05) is 20.8 Å². The van der Waals surface area contributed by atoms with Gasteiger partial charge < -0.3 is 5.73 Å². The van der Waals surface area contributed by atoms with Gasteiger partial charge in [0.2, 0.25) is 0 Å². The van der Waals surface area contributed by atoms with Crippen molar-refractivity contribution in [2.24, 2.45) is 11.1 Å². The molecule has 0 aromatic rings. The smallest absolute Gasteiger partial charge is 0.0153 e. The summed E-state index contributed by atoms with van der Waals surface area (Å²) in [6.45, 7) is 26.4. The lowest BCUT2D eigenvalue weighted by atomic mass is 9.80. The highest BCUT2D eigenvalue weighted by Crippen LogP contribution is 2.31. The summed E-state index contributed by atoms with van der Waals surface area (Å²) < 4.78 is 0. The molecule has 0 aromatic carbocycles. The van der Waals surface area contributed by atoms with E-state index in [1.165, 1.54) is 25.8 Å². The summed E-state index contributed by atoms with van der Waals surface area (Å²) in [7, 11) is 0. The molecule has 0 radical (unpaired) electrons. The van der Waals surface area contributed by atoms with Crippen molar-refractivity contribution in [1.29, 1.82) is 0 Å². The van der Waals surface area contributed by atoms with Gasteiger partial charge in [0.1, 0.15) is 0 Å². The predicted octanol–water partition coefficient (Wildman–Crippen LogP) is 5.87. The highest BCUT2D eigenvalue weighted by Gasteiger charge is 2.27. The molecule has 22 heavy (non-hydrogen) atoms. The molecule has 0 aliphatic heterocycles. The number of allylic oxidation sites excluding steroid dienone is 1. The molecule has 0 saturated heterocycles. The number of nitrogens with two attached hydrogens (primary N) is 1. The van der Waals surface area contributed by atoms with Gasteiger partial charge in [-0.2, -0.15) is 0 Å². The standard InChI is InChI=1S/C15H34N2.C3H6.C2H6/c1-7-13-17(8-2)15(5,6)10-9-14(3,4)11-12-16;1-3-2;1-2/h7-13,16H2,1-6H3;3H,1H2,2H3;1-2H3. The lowest BCUT2D eigenvalue weighted by Crippen LogP contribution is -2.44. The molecule has 0 spiro atoms. The van der Waals surface area contributed by atoms with Gasteiger partial charge in [0.05, 0.1) is 0 Å². The molecule has 0 bridgehead atoms. The van der Waals surface area contributed by atoms with Gasteiger partial charge in [0.15, 0.2) is 0 Å². The van der Waals surface area contributed by atoms with Crippen LogP contribution >= 0.6 is 0 Å². The Kier molecular flexibility index (Phi) is 18.8. The summed E-state index contributed by atoms with van der Waals surface area (Å²) in [5.41, 5.74) is 6.38. The maximum absolute atomic E-state index is 5.68. The number of nitrogens with zero attached hydrogens (tertiary/aromatic N) is 1. The summed E-state index contributed by atoms with van der Waals surface area (Å²) in [6.07, 6.45) is 6.64. The van der Waals surface area contributed by atoms with Gasteiger partial charge in [-0.1, -0.05) is 47.6 Å². The van der Waals surface area contributed by atoms with Crippen LogP contribution in [0.25, 0.3) is 0 Å². The Bertz CT molecular complexity index is 232. The Labute approximate surface area is 142 Å². The van der Waals surface area contributed by atoms with E-state index in [9.17, 15) is 0 Å². The molecule has 136 valence electrons. The van der Waals surface area contributed by atoms with Gasteiger partial charge in [0, 0.05) is 5.54 Å². The molecule has 0 rings (SSSR count). The van der Waals surface area contributed by atoms with Crippen molar-refractivity contribution in [2.75, 3.05) is 19.6 Å². The third-order valence-electron chi connectivity index (χ3n) is 3.97. The molecule has 0 saturated carbocycles. The van der Waals surface area contributed by atoms with Crippen molar-refractivity contribution < 1.29 is 0 Å². The van der Waals surface area contributed by atoms with E-state index < -0.39 is 0 Å². The van der Waals surface area contributed by atoms with Gasteiger partial charge in [-0.25, -0.2) is 0 Å². The van der Waals surface area contributed by atoms with Crippen molar-refractivity contribution in [2.45, 2.75) is 93.5 Å². The number of hydrogen-bond donors (Lipinski definition) is 1. The molecule has 0 fully saturated rings. The highest BCUT2D eigenvalue weighted by molar-refractivity contribution is 4.83. The van der Waals surface area contributed by atoms with Crippen LogP contribution in [0.4, 0.5) is 0 Å². The first-order valence-electron chi connectivity index (χ1n) is 9.22. The van der Waals surface area contributed by atoms with Crippen molar-refractivity contribution in [1.82, 2.24) is 4.90 Å². The monoisotopic (exact) mass is 314 g/mol. The van der Waals surface area contributed by atoms with Crippen molar-refractivity contribution >= 4 is 0 Å². The normalized spacial score (nSPS) is 11.2. The van der Waals surface area contributed by atoms with Crippen LogP contribution in [0.15, 0.2) is 12.7 Å². The maximum Gasteiger partial charge on any atom is 0.0153 e. The van der Waals surface area contributed by atoms with Crippen LogP contribution in [-0.4, -0.2) is 30.1 Å². The first-order valence-corrected chi connectivity index (χ1v) is 9.22. The Morgan fingerprint density at radius 3 is 1.77 bits per heavy atom. The van der Waals surface area contributed by atoms with E-state index in [2.05, 4.69) is 53.0 Å². The molecule has 0 amide bonds. The maximum atomic E-state index is 5.68. The largest absolute Gasteiger partial charge is 0.330 e. The van der Waals surface area contributed by atoms with Gasteiger partial charge in [-0.15, -0.1) is 6.58 Å². The molecule has 0 atom stereocenters. The average molecular weight is 315 g/mol. The lowest BCUT2D eigenvalue weighted by molar-refractivity contribution is 0.100. The Morgan fingerprint density at radius 2 is 1.45 bits per heavy atom. The van der Waals surface area contributed by atoms with E-state index in [0.29, 0.717) is 11.0 Å². The zero-order valence-corrected chi connectivity index (χ0v) is 17.3. The molecule has 0 heterocycles. The topological polar surface area (TPSA) is 29.3 Å².